The Morgan fingerprint density at radius 1 is 1.19 bits per heavy atom. The van der Waals surface area contributed by atoms with Crippen LogP contribution >= 0.6 is 12.6 Å². The van der Waals surface area contributed by atoms with Gasteiger partial charge < -0.3 is 10.5 Å². The average Bonchev–Trinajstić information content (AvgIpc) is 2.35. The minimum absolute atomic E-state index is 0.381. The van der Waals surface area contributed by atoms with E-state index in [0.29, 0.717) is 6.54 Å². The molecule has 0 bridgehead atoms. The van der Waals surface area contributed by atoms with E-state index in [1.165, 1.54) is 4.90 Å². The zero-order valence-corrected chi connectivity index (χ0v) is 14.9. The number of nitrogens with two attached hydrogens (primary N) is 1. The molecule has 0 aliphatic heterocycles. The fourth-order valence-corrected chi connectivity index (χ4v) is 2.71. The molecule has 1 rings (SSSR count). The predicted molar refractivity (Wildman–Crippen MR) is 90.4 cm³/mol. The van der Waals surface area contributed by atoms with Gasteiger partial charge in [-0.3, -0.25) is 4.90 Å². The number of rotatable bonds is 2. The first-order valence-electron chi connectivity index (χ1n) is 6.99. The Morgan fingerprint density at radius 2 is 1.71 bits per heavy atom. The number of benzene rings is 1. The third-order valence-corrected chi connectivity index (χ3v) is 4.20. The van der Waals surface area contributed by atoms with Gasteiger partial charge in [0.15, 0.2) is 0 Å². The van der Waals surface area contributed by atoms with Crippen LogP contribution in [0.1, 0.15) is 43.0 Å². The highest BCUT2D eigenvalue weighted by molar-refractivity contribution is 7.80. The van der Waals surface area contributed by atoms with E-state index in [-0.39, 0.29) is 6.09 Å². The number of carbonyl (C=O) groups is 1. The second-order valence-corrected chi connectivity index (χ2v) is 6.74. The lowest BCUT2D eigenvalue weighted by atomic mass is 9.96. The van der Waals surface area contributed by atoms with E-state index < -0.39 is 5.60 Å². The summed E-state index contributed by atoms with van der Waals surface area (Å²) in [6, 6.07) is 0. The van der Waals surface area contributed by atoms with Gasteiger partial charge in [-0.2, -0.15) is 0 Å². The van der Waals surface area contributed by atoms with Gasteiger partial charge in [0.1, 0.15) is 5.60 Å². The van der Waals surface area contributed by atoms with Crippen LogP contribution in [0.15, 0.2) is 4.90 Å². The van der Waals surface area contributed by atoms with Gasteiger partial charge in [0.2, 0.25) is 0 Å². The Hall–Kier alpha value is -1.20. The van der Waals surface area contributed by atoms with Gasteiger partial charge in [0, 0.05) is 18.5 Å². The van der Waals surface area contributed by atoms with Gasteiger partial charge in [-0.1, -0.05) is 0 Å². The van der Waals surface area contributed by atoms with Crippen LogP contribution in [0, 0.1) is 20.8 Å². The molecule has 1 aromatic rings. The Balaban J connectivity index is 3.37. The zero-order chi connectivity index (χ0) is 16.5. The minimum Gasteiger partial charge on any atom is -0.443 e. The van der Waals surface area contributed by atoms with Gasteiger partial charge in [-0.25, -0.2) is 4.79 Å². The first-order chi connectivity index (χ1) is 9.51. The topological polar surface area (TPSA) is 55.6 Å². The third-order valence-electron chi connectivity index (χ3n) is 3.53. The molecule has 0 atom stereocenters. The summed E-state index contributed by atoms with van der Waals surface area (Å²) in [5.74, 6) is 0. The summed E-state index contributed by atoms with van der Waals surface area (Å²) in [6.45, 7) is 11.9. The summed E-state index contributed by atoms with van der Waals surface area (Å²) >= 11 is 4.57. The highest BCUT2D eigenvalue weighted by atomic mass is 32.1. The summed E-state index contributed by atoms with van der Waals surface area (Å²) in [5.41, 5.74) is 10.2. The van der Waals surface area contributed by atoms with Crippen molar-refractivity contribution < 1.29 is 9.53 Å². The van der Waals surface area contributed by atoms with Crippen molar-refractivity contribution in [1.29, 1.82) is 0 Å². The van der Waals surface area contributed by atoms with Crippen LogP contribution in [0.25, 0.3) is 0 Å². The maximum absolute atomic E-state index is 12.3. The SMILES string of the molecule is Cc1c(S)c(C)c(N(C)C(=O)OC(C)(C)C)c(C)c1CN. The largest absolute Gasteiger partial charge is 0.443 e. The zero-order valence-electron chi connectivity index (χ0n) is 14.0. The van der Waals surface area contributed by atoms with Crippen molar-refractivity contribution in [2.75, 3.05) is 11.9 Å². The highest BCUT2D eigenvalue weighted by Crippen LogP contribution is 2.35. The molecule has 21 heavy (non-hydrogen) atoms. The number of anilines is 1. The standard InChI is InChI=1S/C16H26N2O2S/c1-9-12(8-17)10(2)14(21)11(3)13(9)18(7)15(19)20-16(4,5)6/h21H,8,17H2,1-7H3. The molecule has 0 heterocycles. The lowest BCUT2D eigenvalue weighted by molar-refractivity contribution is 0.0589. The molecule has 0 aromatic heterocycles. The number of carbonyl (C=O) groups excluding carboxylic acids is 1. The summed E-state index contributed by atoms with van der Waals surface area (Å²) in [6.07, 6.45) is -0.381. The molecule has 5 heteroatoms. The molecule has 0 saturated heterocycles. The van der Waals surface area contributed by atoms with Crippen LogP contribution in [0.2, 0.25) is 0 Å². The molecule has 0 aliphatic carbocycles. The monoisotopic (exact) mass is 310 g/mol. The normalized spacial score (nSPS) is 11.5. The fourth-order valence-electron chi connectivity index (χ4n) is 2.47. The number of amides is 1. The van der Waals surface area contributed by atoms with Crippen molar-refractivity contribution >= 4 is 24.4 Å². The molecule has 118 valence electrons. The van der Waals surface area contributed by atoms with E-state index in [1.54, 1.807) is 7.05 Å². The minimum atomic E-state index is -0.529. The van der Waals surface area contributed by atoms with Crippen molar-refractivity contribution in [1.82, 2.24) is 0 Å². The number of ether oxygens (including phenoxy) is 1. The van der Waals surface area contributed by atoms with Crippen LogP contribution in [-0.4, -0.2) is 18.7 Å². The smallest absolute Gasteiger partial charge is 0.414 e. The van der Waals surface area contributed by atoms with Crippen LogP contribution in [0.5, 0.6) is 0 Å². The van der Waals surface area contributed by atoms with Gasteiger partial charge in [-0.05, 0) is 63.8 Å². The van der Waals surface area contributed by atoms with Crippen molar-refractivity contribution in [2.45, 2.75) is 58.6 Å². The van der Waals surface area contributed by atoms with Crippen LogP contribution in [-0.2, 0) is 11.3 Å². The Morgan fingerprint density at radius 3 is 2.14 bits per heavy atom. The van der Waals surface area contributed by atoms with E-state index in [0.717, 1.165) is 32.8 Å². The molecule has 0 aliphatic rings. The molecule has 0 radical (unpaired) electrons. The van der Waals surface area contributed by atoms with E-state index in [9.17, 15) is 4.79 Å². The summed E-state index contributed by atoms with van der Waals surface area (Å²) in [7, 11) is 1.71. The molecule has 2 N–H and O–H groups in total. The average molecular weight is 310 g/mol. The first-order valence-corrected chi connectivity index (χ1v) is 7.44. The predicted octanol–water partition coefficient (Wildman–Crippen LogP) is 3.73. The van der Waals surface area contributed by atoms with Crippen molar-refractivity contribution in [3.8, 4) is 0 Å². The van der Waals surface area contributed by atoms with Crippen LogP contribution in [0.3, 0.4) is 0 Å². The van der Waals surface area contributed by atoms with Crippen LogP contribution < -0.4 is 10.6 Å². The molecular weight excluding hydrogens is 284 g/mol. The quantitative estimate of drug-likeness (QED) is 0.818. The van der Waals surface area contributed by atoms with Gasteiger partial charge in [0.25, 0.3) is 0 Å². The molecule has 4 nitrogen and oxygen atoms in total. The number of nitrogens with zero attached hydrogens (tertiary/aromatic N) is 1. The second-order valence-electron chi connectivity index (χ2n) is 6.29. The number of hydrogen-bond donors (Lipinski definition) is 2. The molecule has 0 saturated carbocycles. The van der Waals surface area contributed by atoms with E-state index in [2.05, 4.69) is 12.6 Å². The molecule has 0 fully saturated rings. The van der Waals surface area contributed by atoms with Gasteiger partial charge >= 0.3 is 6.09 Å². The van der Waals surface area contributed by atoms with Crippen LogP contribution in [0.4, 0.5) is 10.5 Å². The molecular formula is C16H26N2O2S. The third kappa shape index (κ3) is 3.71. The molecule has 1 amide bonds. The van der Waals surface area contributed by atoms with E-state index in [1.807, 2.05) is 41.5 Å². The summed E-state index contributed by atoms with van der Waals surface area (Å²) in [4.78, 5) is 14.7. The maximum Gasteiger partial charge on any atom is 0.414 e. The summed E-state index contributed by atoms with van der Waals surface area (Å²) < 4.78 is 5.44. The number of thiol groups is 1. The van der Waals surface area contributed by atoms with Crippen molar-refractivity contribution in [3.05, 3.63) is 22.3 Å². The second kappa shape index (κ2) is 6.28. The van der Waals surface area contributed by atoms with Crippen molar-refractivity contribution in [2.24, 2.45) is 5.73 Å². The van der Waals surface area contributed by atoms with Gasteiger partial charge in [0.05, 0.1) is 5.69 Å². The van der Waals surface area contributed by atoms with Gasteiger partial charge in [-0.15, -0.1) is 12.6 Å². The molecule has 0 unspecified atom stereocenters. The lowest BCUT2D eigenvalue weighted by Gasteiger charge is -2.28. The maximum atomic E-state index is 12.3. The number of hydrogen-bond acceptors (Lipinski definition) is 4. The van der Waals surface area contributed by atoms with E-state index >= 15 is 0 Å². The van der Waals surface area contributed by atoms with E-state index in [4.69, 9.17) is 10.5 Å². The highest BCUT2D eigenvalue weighted by Gasteiger charge is 2.25. The fraction of sp³-hybridized carbons (Fsp3) is 0.562. The Labute approximate surface area is 133 Å². The Kier molecular flexibility index (Phi) is 5.34. The Bertz CT molecular complexity index is 563. The first kappa shape index (κ1) is 17.9. The summed E-state index contributed by atoms with van der Waals surface area (Å²) in [5, 5.41) is 0. The molecule has 1 aromatic carbocycles. The molecule has 0 spiro atoms. The van der Waals surface area contributed by atoms with Crippen molar-refractivity contribution in [3.63, 3.8) is 0 Å². The lowest BCUT2D eigenvalue weighted by Crippen LogP contribution is -2.35.